The van der Waals surface area contributed by atoms with E-state index in [1.54, 1.807) is 36.4 Å². The van der Waals surface area contributed by atoms with Gasteiger partial charge < -0.3 is 16.2 Å². The summed E-state index contributed by atoms with van der Waals surface area (Å²) in [5.74, 6) is -2.99. The Morgan fingerprint density at radius 1 is 1.15 bits per heavy atom. The maximum atomic E-state index is 12.7. The number of piperidine rings is 1. The molecule has 0 aliphatic carbocycles. The lowest BCUT2D eigenvalue weighted by Crippen LogP contribution is -2.42. The van der Waals surface area contributed by atoms with Crippen LogP contribution in [-0.4, -0.2) is 55.0 Å². The highest BCUT2D eigenvalue weighted by Crippen LogP contribution is 2.27. The van der Waals surface area contributed by atoms with Gasteiger partial charge in [-0.25, -0.2) is 13.2 Å². The number of amides is 1. The van der Waals surface area contributed by atoms with Gasteiger partial charge in [-0.2, -0.15) is 17.5 Å². The number of hydrogen-bond donors (Lipinski definition) is 3. The minimum Gasteiger partial charge on any atom is -0.475 e. The normalized spacial score (nSPS) is 15.4. The second-order valence-corrected chi connectivity index (χ2v) is 10.7. The lowest BCUT2D eigenvalue weighted by atomic mass is 10.1. The van der Waals surface area contributed by atoms with Gasteiger partial charge in [-0.05, 0) is 49.2 Å². The molecule has 8 nitrogen and oxygen atoms in total. The van der Waals surface area contributed by atoms with E-state index in [4.69, 9.17) is 27.2 Å². The lowest BCUT2D eigenvalue weighted by Gasteiger charge is -2.28. The zero-order chi connectivity index (χ0) is 24.8. The largest absolute Gasteiger partial charge is 0.490 e. The topological polar surface area (TPSA) is 130 Å². The van der Waals surface area contributed by atoms with Crippen LogP contribution in [-0.2, 0) is 21.4 Å². The fourth-order valence-electron chi connectivity index (χ4n) is 2.71. The number of nitrogens with zero attached hydrogens (tertiary/aromatic N) is 1. The molecule has 0 bridgehead atoms. The van der Waals surface area contributed by atoms with Crippen LogP contribution in [0.3, 0.4) is 0 Å². The van der Waals surface area contributed by atoms with Gasteiger partial charge in [-0.15, -0.1) is 11.3 Å². The number of rotatable bonds is 5. The monoisotopic (exact) mass is 527 g/mol. The van der Waals surface area contributed by atoms with E-state index in [0.717, 1.165) is 4.88 Å². The van der Waals surface area contributed by atoms with Gasteiger partial charge in [0, 0.05) is 34.6 Å². The highest BCUT2D eigenvalue weighted by Gasteiger charge is 2.38. The average molecular weight is 528 g/mol. The average Bonchev–Trinajstić information content (AvgIpc) is 3.22. The highest BCUT2D eigenvalue weighted by molar-refractivity contribution is 7.91. The summed E-state index contributed by atoms with van der Waals surface area (Å²) in [7, 11) is -3.49. The molecular weight excluding hydrogens is 507 g/mol. The van der Waals surface area contributed by atoms with Gasteiger partial charge in [-0.3, -0.25) is 4.79 Å². The minimum atomic E-state index is -5.08. The molecule has 0 atom stereocenters. The number of sulfonamides is 1. The first-order valence-corrected chi connectivity index (χ1v) is 12.1. The molecule has 14 heteroatoms. The van der Waals surface area contributed by atoms with Crippen LogP contribution in [0.25, 0.3) is 0 Å². The molecule has 0 saturated carbocycles. The van der Waals surface area contributed by atoms with Crippen molar-refractivity contribution < 1.29 is 36.3 Å². The van der Waals surface area contributed by atoms with Gasteiger partial charge in [-0.1, -0.05) is 11.6 Å². The molecule has 0 unspecified atom stereocenters. The van der Waals surface area contributed by atoms with Crippen molar-refractivity contribution in [3.8, 4) is 0 Å². The first-order chi connectivity index (χ1) is 15.3. The third kappa shape index (κ3) is 7.96. The molecule has 1 aromatic heterocycles. The van der Waals surface area contributed by atoms with Gasteiger partial charge in [0.1, 0.15) is 4.21 Å². The van der Waals surface area contributed by atoms with Crippen molar-refractivity contribution in [1.82, 2.24) is 9.62 Å². The maximum Gasteiger partial charge on any atom is 0.490 e. The first-order valence-electron chi connectivity index (χ1n) is 9.49. The van der Waals surface area contributed by atoms with E-state index in [1.165, 1.54) is 15.6 Å². The van der Waals surface area contributed by atoms with E-state index in [-0.39, 0.29) is 18.5 Å². The molecule has 1 aromatic carbocycles. The molecular formula is C19H21ClF3N3O5S2. The van der Waals surface area contributed by atoms with E-state index in [1.807, 2.05) is 0 Å². The molecule has 182 valence electrons. The van der Waals surface area contributed by atoms with Crippen molar-refractivity contribution in [3.63, 3.8) is 0 Å². The molecule has 1 fully saturated rings. The van der Waals surface area contributed by atoms with Crippen molar-refractivity contribution in [1.29, 1.82) is 0 Å². The van der Waals surface area contributed by atoms with Gasteiger partial charge in [0.25, 0.3) is 15.9 Å². The number of benzene rings is 1. The smallest absolute Gasteiger partial charge is 0.475 e. The van der Waals surface area contributed by atoms with E-state index in [9.17, 15) is 26.4 Å². The molecule has 3 rings (SSSR count). The Balaban J connectivity index is 0.000000479. The van der Waals surface area contributed by atoms with Gasteiger partial charge in [0.15, 0.2) is 0 Å². The molecule has 2 aromatic rings. The van der Waals surface area contributed by atoms with Crippen LogP contribution in [0.4, 0.5) is 13.2 Å². The van der Waals surface area contributed by atoms with Crippen LogP contribution < -0.4 is 11.1 Å². The Labute approximate surface area is 197 Å². The Bertz CT molecular complexity index is 1070. The summed E-state index contributed by atoms with van der Waals surface area (Å²) in [6.07, 6.45) is -3.73. The first kappa shape index (κ1) is 27.1. The standard InChI is InChI=1S/C17H20ClN3O3S2.C2HF3O2/c18-13-3-1-12(2-4-13)17(22)20-11-15-5-6-16(25-15)26(23,24)21-9-7-14(19)8-10-21;3-2(4,5)1(6)7/h1-6,14H,7-11,19H2,(H,20,22);(H,6,7). The molecule has 1 saturated heterocycles. The van der Waals surface area contributed by atoms with E-state index >= 15 is 0 Å². The van der Waals surface area contributed by atoms with Crippen LogP contribution in [0.5, 0.6) is 0 Å². The Morgan fingerprint density at radius 2 is 1.70 bits per heavy atom. The summed E-state index contributed by atoms with van der Waals surface area (Å²) in [4.78, 5) is 21.8. The van der Waals surface area contributed by atoms with E-state index in [2.05, 4.69) is 5.32 Å². The zero-order valence-electron chi connectivity index (χ0n) is 17.0. The number of alkyl halides is 3. The highest BCUT2D eigenvalue weighted by atomic mass is 35.5. The Kier molecular flexibility index (Phi) is 9.26. The molecule has 1 aliphatic rings. The number of carbonyl (C=O) groups is 2. The second kappa shape index (κ2) is 11.3. The van der Waals surface area contributed by atoms with Crippen molar-refractivity contribution in [3.05, 3.63) is 51.9 Å². The number of halogens is 4. The summed E-state index contributed by atoms with van der Waals surface area (Å²) in [6, 6.07) is 9.98. The van der Waals surface area contributed by atoms with Gasteiger partial charge in [0.2, 0.25) is 0 Å². The number of nitrogens with one attached hydrogen (secondary N) is 1. The fraction of sp³-hybridized carbons (Fsp3) is 0.368. The van der Waals surface area contributed by atoms with Crippen LogP contribution in [0.1, 0.15) is 28.1 Å². The van der Waals surface area contributed by atoms with Gasteiger partial charge >= 0.3 is 12.1 Å². The fourth-order valence-corrected chi connectivity index (χ4v) is 5.75. The predicted molar refractivity (Wildman–Crippen MR) is 117 cm³/mol. The quantitative estimate of drug-likeness (QED) is 0.548. The number of carboxylic acids is 1. The summed E-state index contributed by atoms with van der Waals surface area (Å²) < 4.78 is 58.9. The molecule has 0 spiro atoms. The van der Waals surface area contributed by atoms with Crippen molar-refractivity contribution in [2.24, 2.45) is 5.73 Å². The van der Waals surface area contributed by atoms with E-state index < -0.39 is 22.2 Å². The predicted octanol–water partition coefficient (Wildman–Crippen LogP) is 3.08. The van der Waals surface area contributed by atoms with E-state index in [0.29, 0.717) is 40.7 Å². The van der Waals surface area contributed by atoms with Gasteiger partial charge in [0.05, 0.1) is 6.54 Å². The zero-order valence-corrected chi connectivity index (χ0v) is 19.4. The lowest BCUT2D eigenvalue weighted by molar-refractivity contribution is -0.192. The number of hydrogen-bond acceptors (Lipinski definition) is 6. The Morgan fingerprint density at radius 3 is 2.21 bits per heavy atom. The molecule has 1 aliphatic heterocycles. The Hall–Kier alpha value is -2.19. The SMILES string of the molecule is NC1CCN(S(=O)(=O)c2ccc(CNC(=O)c3ccc(Cl)cc3)s2)CC1.O=C(O)C(F)(F)F. The summed E-state index contributed by atoms with van der Waals surface area (Å²) in [5.41, 5.74) is 6.34. The summed E-state index contributed by atoms with van der Waals surface area (Å²) >= 11 is 6.99. The number of thiophene rings is 1. The maximum absolute atomic E-state index is 12.7. The molecule has 1 amide bonds. The number of nitrogens with two attached hydrogens (primary N) is 1. The van der Waals surface area contributed by atoms with Crippen LogP contribution in [0.15, 0.2) is 40.6 Å². The number of carboxylic acid groups (broad SMARTS) is 1. The van der Waals surface area contributed by atoms with Crippen molar-refractivity contribution in [2.45, 2.75) is 35.8 Å². The van der Waals surface area contributed by atoms with Crippen molar-refractivity contribution >= 4 is 44.8 Å². The number of carbonyl (C=O) groups excluding carboxylic acids is 1. The van der Waals surface area contributed by atoms with Crippen LogP contribution in [0.2, 0.25) is 5.02 Å². The third-order valence-corrected chi connectivity index (χ3v) is 8.21. The summed E-state index contributed by atoms with van der Waals surface area (Å²) in [6.45, 7) is 1.17. The summed E-state index contributed by atoms with van der Waals surface area (Å²) in [5, 5.41) is 10.5. The molecule has 33 heavy (non-hydrogen) atoms. The molecule has 2 heterocycles. The minimum absolute atomic E-state index is 0.0726. The third-order valence-electron chi connectivity index (χ3n) is 4.50. The molecule has 4 N–H and O–H groups in total. The molecule has 0 radical (unpaired) electrons. The van der Waals surface area contributed by atoms with Crippen LogP contribution >= 0.6 is 22.9 Å². The second-order valence-electron chi connectivity index (χ2n) is 6.95. The number of aliphatic carboxylic acids is 1. The van der Waals surface area contributed by atoms with Crippen molar-refractivity contribution in [2.75, 3.05) is 13.1 Å². The van der Waals surface area contributed by atoms with Crippen LogP contribution in [0, 0.1) is 0 Å².